The van der Waals surface area contributed by atoms with Crippen molar-refractivity contribution in [2.45, 2.75) is 32.7 Å². The highest BCUT2D eigenvalue weighted by molar-refractivity contribution is 7.08. The summed E-state index contributed by atoms with van der Waals surface area (Å²) >= 11 is 1.50. The van der Waals surface area contributed by atoms with Gasteiger partial charge in [-0.2, -0.15) is 11.3 Å². The molecule has 24 heavy (non-hydrogen) atoms. The van der Waals surface area contributed by atoms with Crippen LogP contribution in [0.2, 0.25) is 0 Å². The number of carbonyl (C=O) groups excluding carboxylic acids is 2. The van der Waals surface area contributed by atoms with Gasteiger partial charge >= 0.3 is 0 Å². The predicted octanol–water partition coefficient (Wildman–Crippen LogP) is 3.70. The molecule has 0 spiro atoms. The molecule has 0 atom stereocenters. The molecule has 0 radical (unpaired) electrons. The third-order valence-corrected chi connectivity index (χ3v) is 4.38. The Balaban J connectivity index is 1.75. The second-order valence-electron chi connectivity index (χ2n) is 5.67. The van der Waals surface area contributed by atoms with Crippen LogP contribution in [-0.2, 0) is 11.3 Å². The summed E-state index contributed by atoms with van der Waals surface area (Å²) in [5.74, 6) is 0.0730. The lowest BCUT2D eigenvalue weighted by atomic mass is 10.2. The Morgan fingerprint density at radius 1 is 1.17 bits per heavy atom. The quantitative estimate of drug-likeness (QED) is 0.705. The van der Waals surface area contributed by atoms with Gasteiger partial charge in [-0.05, 0) is 29.9 Å². The van der Waals surface area contributed by atoms with Gasteiger partial charge in [-0.1, -0.05) is 37.3 Å². The van der Waals surface area contributed by atoms with Crippen molar-refractivity contribution < 1.29 is 9.59 Å². The van der Waals surface area contributed by atoms with Crippen molar-refractivity contribution in [1.82, 2.24) is 10.2 Å². The lowest BCUT2D eigenvalue weighted by Gasteiger charge is -2.22. The van der Waals surface area contributed by atoms with Crippen LogP contribution >= 0.6 is 11.3 Å². The maximum atomic E-state index is 12.4. The first-order valence-electron chi connectivity index (χ1n) is 8.32. The van der Waals surface area contributed by atoms with Gasteiger partial charge in [-0.3, -0.25) is 9.59 Å². The SMILES string of the molecule is CCCN(Cc1ccccc1)C(=O)CCCNC(=O)c1ccsc1. The zero-order valence-electron chi connectivity index (χ0n) is 14.0. The molecule has 0 aliphatic heterocycles. The molecule has 2 amide bonds. The van der Waals surface area contributed by atoms with Crippen LogP contribution in [0.15, 0.2) is 47.2 Å². The molecule has 0 aliphatic rings. The van der Waals surface area contributed by atoms with Crippen LogP contribution in [0.4, 0.5) is 0 Å². The number of rotatable bonds is 9. The van der Waals surface area contributed by atoms with Crippen LogP contribution in [0.3, 0.4) is 0 Å². The van der Waals surface area contributed by atoms with Crippen molar-refractivity contribution >= 4 is 23.2 Å². The lowest BCUT2D eigenvalue weighted by Crippen LogP contribution is -2.32. The Labute approximate surface area is 147 Å². The van der Waals surface area contributed by atoms with Gasteiger partial charge in [0.15, 0.2) is 0 Å². The number of nitrogens with one attached hydrogen (secondary N) is 1. The van der Waals surface area contributed by atoms with Gasteiger partial charge in [0.05, 0.1) is 0 Å². The minimum atomic E-state index is -0.0709. The molecule has 0 saturated carbocycles. The molecule has 1 N–H and O–H groups in total. The first kappa shape index (κ1) is 18.2. The summed E-state index contributed by atoms with van der Waals surface area (Å²) in [5.41, 5.74) is 1.83. The van der Waals surface area contributed by atoms with Crippen molar-refractivity contribution in [3.05, 3.63) is 58.3 Å². The summed E-state index contributed by atoms with van der Waals surface area (Å²) in [6, 6.07) is 11.8. The number of hydrogen-bond acceptors (Lipinski definition) is 3. The normalized spacial score (nSPS) is 10.4. The molecule has 1 heterocycles. The fourth-order valence-corrected chi connectivity index (χ4v) is 3.10. The van der Waals surface area contributed by atoms with Crippen LogP contribution < -0.4 is 5.32 Å². The Morgan fingerprint density at radius 3 is 2.62 bits per heavy atom. The molecule has 4 nitrogen and oxygen atoms in total. The molecule has 0 unspecified atom stereocenters. The number of nitrogens with zero attached hydrogens (tertiary/aromatic N) is 1. The number of hydrogen-bond donors (Lipinski definition) is 1. The minimum Gasteiger partial charge on any atom is -0.352 e. The third kappa shape index (κ3) is 5.81. The molecular weight excluding hydrogens is 320 g/mol. The molecule has 2 aromatic rings. The van der Waals surface area contributed by atoms with E-state index in [0.717, 1.165) is 18.5 Å². The molecule has 0 fully saturated rings. The monoisotopic (exact) mass is 344 g/mol. The molecule has 128 valence electrons. The van der Waals surface area contributed by atoms with E-state index in [4.69, 9.17) is 0 Å². The topological polar surface area (TPSA) is 49.4 Å². The van der Waals surface area contributed by atoms with Crippen LogP contribution in [0.25, 0.3) is 0 Å². The van der Waals surface area contributed by atoms with E-state index in [1.54, 1.807) is 6.07 Å². The zero-order chi connectivity index (χ0) is 17.2. The third-order valence-electron chi connectivity index (χ3n) is 3.70. The Hall–Kier alpha value is -2.14. The maximum absolute atomic E-state index is 12.4. The van der Waals surface area contributed by atoms with Crippen molar-refractivity contribution in [3.63, 3.8) is 0 Å². The molecule has 5 heteroatoms. The Morgan fingerprint density at radius 2 is 1.96 bits per heavy atom. The van der Waals surface area contributed by atoms with E-state index < -0.39 is 0 Å². The average molecular weight is 344 g/mol. The van der Waals surface area contributed by atoms with Gasteiger partial charge < -0.3 is 10.2 Å². The van der Waals surface area contributed by atoms with Crippen LogP contribution in [-0.4, -0.2) is 29.8 Å². The van der Waals surface area contributed by atoms with Gasteiger partial charge in [-0.25, -0.2) is 0 Å². The Bertz CT molecular complexity index is 626. The van der Waals surface area contributed by atoms with Crippen LogP contribution in [0.1, 0.15) is 42.1 Å². The van der Waals surface area contributed by atoms with Gasteiger partial charge in [0.1, 0.15) is 0 Å². The van der Waals surface area contributed by atoms with E-state index in [2.05, 4.69) is 12.2 Å². The van der Waals surface area contributed by atoms with E-state index >= 15 is 0 Å². The van der Waals surface area contributed by atoms with Gasteiger partial charge in [0, 0.05) is 37.0 Å². The molecule has 1 aromatic heterocycles. The second-order valence-corrected chi connectivity index (χ2v) is 6.45. The number of amides is 2. The van der Waals surface area contributed by atoms with Crippen molar-refractivity contribution in [2.24, 2.45) is 0 Å². The smallest absolute Gasteiger partial charge is 0.252 e. The highest BCUT2D eigenvalue weighted by Crippen LogP contribution is 2.08. The van der Waals surface area contributed by atoms with E-state index in [-0.39, 0.29) is 11.8 Å². The lowest BCUT2D eigenvalue weighted by molar-refractivity contribution is -0.131. The summed E-state index contributed by atoms with van der Waals surface area (Å²) < 4.78 is 0. The van der Waals surface area contributed by atoms with Crippen LogP contribution in [0.5, 0.6) is 0 Å². The summed E-state index contributed by atoms with van der Waals surface area (Å²) in [4.78, 5) is 26.2. The highest BCUT2D eigenvalue weighted by atomic mass is 32.1. The first-order chi connectivity index (χ1) is 11.7. The molecular formula is C19H24N2O2S. The minimum absolute atomic E-state index is 0.0709. The van der Waals surface area contributed by atoms with Crippen molar-refractivity contribution in [1.29, 1.82) is 0 Å². The number of thiophene rings is 1. The largest absolute Gasteiger partial charge is 0.352 e. The summed E-state index contributed by atoms with van der Waals surface area (Å²) in [5, 5.41) is 6.56. The molecule has 2 rings (SSSR count). The summed E-state index contributed by atoms with van der Waals surface area (Å²) in [6.07, 6.45) is 2.05. The van der Waals surface area contributed by atoms with E-state index in [0.29, 0.717) is 31.5 Å². The van der Waals surface area contributed by atoms with E-state index in [9.17, 15) is 9.59 Å². The average Bonchev–Trinajstić information content (AvgIpc) is 3.13. The van der Waals surface area contributed by atoms with Crippen LogP contribution in [0, 0.1) is 0 Å². The number of benzene rings is 1. The van der Waals surface area contributed by atoms with E-state index in [1.807, 2.05) is 46.0 Å². The molecule has 0 aliphatic carbocycles. The van der Waals surface area contributed by atoms with Gasteiger partial charge in [0.25, 0.3) is 5.91 Å². The molecule has 0 bridgehead atoms. The fourth-order valence-electron chi connectivity index (χ4n) is 2.46. The van der Waals surface area contributed by atoms with Gasteiger partial charge in [0.2, 0.25) is 5.91 Å². The maximum Gasteiger partial charge on any atom is 0.252 e. The fraction of sp³-hybridized carbons (Fsp3) is 0.368. The first-order valence-corrected chi connectivity index (χ1v) is 9.27. The summed E-state index contributed by atoms with van der Waals surface area (Å²) in [6.45, 7) is 4.00. The molecule has 0 saturated heterocycles. The second kappa shape index (κ2) is 9.88. The van der Waals surface area contributed by atoms with Gasteiger partial charge in [-0.15, -0.1) is 0 Å². The van der Waals surface area contributed by atoms with Crippen molar-refractivity contribution in [2.75, 3.05) is 13.1 Å². The van der Waals surface area contributed by atoms with Crippen molar-refractivity contribution in [3.8, 4) is 0 Å². The highest BCUT2D eigenvalue weighted by Gasteiger charge is 2.13. The van der Waals surface area contributed by atoms with E-state index in [1.165, 1.54) is 11.3 Å². The number of carbonyl (C=O) groups is 2. The Kier molecular flexibility index (Phi) is 7.49. The molecule has 1 aromatic carbocycles. The predicted molar refractivity (Wildman–Crippen MR) is 98.0 cm³/mol. The summed E-state index contributed by atoms with van der Waals surface area (Å²) in [7, 11) is 0. The standard InChI is InChI=1S/C19H24N2O2S/c1-2-12-21(14-16-7-4-3-5-8-16)18(22)9-6-11-20-19(23)17-10-13-24-15-17/h3-5,7-8,10,13,15H,2,6,9,11-12,14H2,1H3,(H,20,23). The zero-order valence-corrected chi connectivity index (χ0v) is 14.8.